The van der Waals surface area contributed by atoms with Crippen LogP contribution in [0.25, 0.3) is 11.1 Å². The van der Waals surface area contributed by atoms with Gasteiger partial charge in [-0.05, 0) is 35.9 Å². The van der Waals surface area contributed by atoms with Gasteiger partial charge in [0.2, 0.25) is 0 Å². The Hall–Kier alpha value is -2.43. The third-order valence-electron chi connectivity index (χ3n) is 2.84. The van der Waals surface area contributed by atoms with E-state index in [1.807, 2.05) is 0 Å². The van der Waals surface area contributed by atoms with Gasteiger partial charge in [0, 0.05) is 5.56 Å². The number of carbonyl (C=O) groups is 1. The Balaban J connectivity index is 2.58. The van der Waals surface area contributed by atoms with E-state index in [1.165, 1.54) is 26.4 Å². The molecule has 0 atom stereocenters. The molecule has 104 valence electrons. The van der Waals surface area contributed by atoms with Crippen molar-refractivity contribution in [2.75, 3.05) is 14.2 Å². The molecule has 0 heterocycles. The molecule has 3 nitrogen and oxygen atoms in total. The smallest absolute Gasteiger partial charge is 0.341 e. The molecule has 0 fully saturated rings. The number of halogens is 2. The van der Waals surface area contributed by atoms with E-state index in [-0.39, 0.29) is 11.1 Å². The molecule has 0 aliphatic heterocycles. The molecule has 2 rings (SSSR count). The van der Waals surface area contributed by atoms with Gasteiger partial charge >= 0.3 is 5.97 Å². The van der Waals surface area contributed by atoms with Crippen LogP contribution in [-0.2, 0) is 4.74 Å². The van der Waals surface area contributed by atoms with Gasteiger partial charge < -0.3 is 9.47 Å². The maximum absolute atomic E-state index is 13.7. The van der Waals surface area contributed by atoms with Gasteiger partial charge in [-0.15, -0.1) is 0 Å². The van der Waals surface area contributed by atoms with Gasteiger partial charge in [-0.3, -0.25) is 0 Å². The number of esters is 1. The number of hydrogen-bond donors (Lipinski definition) is 0. The molecule has 2 aromatic rings. The molecular weight excluding hydrogens is 266 g/mol. The van der Waals surface area contributed by atoms with Crippen LogP contribution in [-0.4, -0.2) is 20.2 Å². The quantitative estimate of drug-likeness (QED) is 0.807. The van der Waals surface area contributed by atoms with E-state index in [9.17, 15) is 13.6 Å². The first kappa shape index (κ1) is 14.0. The zero-order valence-electron chi connectivity index (χ0n) is 10.9. The molecule has 0 aromatic heterocycles. The maximum Gasteiger partial charge on any atom is 0.341 e. The maximum atomic E-state index is 13.7. The van der Waals surface area contributed by atoms with Gasteiger partial charge in [0.25, 0.3) is 0 Å². The highest BCUT2D eigenvalue weighted by atomic mass is 19.1. The van der Waals surface area contributed by atoms with Gasteiger partial charge in [0.1, 0.15) is 22.9 Å². The first-order valence-electron chi connectivity index (χ1n) is 5.78. The molecule has 0 saturated heterocycles. The van der Waals surface area contributed by atoms with E-state index >= 15 is 0 Å². The molecule has 0 aliphatic rings. The molecule has 0 radical (unpaired) electrons. The van der Waals surface area contributed by atoms with Crippen LogP contribution in [0.2, 0.25) is 0 Å². The second-order valence-corrected chi connectivity index (χ2v) is 4.03. The lowest BCUT2D eigenvalue weighted by atomic mass is 10.0. The van der Waals surface area contributed by atoms with Crippen LogP contribution < -0.4 is 4.74 Å². The number of carbonyl (C=O) groups excluding carboxylic acids is 1. The predicted molar refractivity (Wildman–Crippen MR) is 69.7 cm³/mol. The molecule has 0 unspecified atom stereocenters. The number of hydrogen-bond acceptors (Lipinski definition) is 3. The fourth-order valence-corrected chi connectivity index (χ4v) is 1.86. The van der Waals surface area contributed by atoms with Crippen molar-refractivity contribution in [3.63, 3.8) is 0 Å². The highest BCUT2D eigenvalue weighted by molar-refractivity contribution is 5.94. The lowest BCUT2D eigenvalue weighted by Gasteiger charge is -2.10. The van der Waals surface area contributed by atoms with E-state index < -0.39 is 17.6 Å². The summed E-state index contributed by atoms with van der Waals surface area (Å²) in [6.45, 7) is 0. The molecule has 2 aromatic carbocycles. The highest BCUT2D eigenvalue weighted by Gasteiger charge is 2.15. The number of methoxy groups -OCH3 is 2. The van der Waals surface area contributed by atoms with Crippen LogP contribution in [0, 0.1) is 11.6 Å². The lowest BCUT2D eigenvalue weighted by Crippen LogP contribution is -2.04. The molecule has 0 spiro atoms. The average molecular weight is 278 g/mol. The molecule has 0 aliphatic carbocycles. The summed E-state index contributed by atoms with van der Waals surface area (Å²) < 4.78 is 36.6. The minimum atomic E-state index is -0.611. The van der Waals surface area contributed by atoms with Crippen molar-refractivity contribution in [3.05, 3.63) is 53.6 Å². The van der Waals surface area contributed by atoms with Crippen LogP contribution >= 0.6 is 0 Å². The first-order chi connectivity index (χ1) is 9.56. The molecule has 0 amide bonds. The molecule has 0 bridgehead atoms. The predicted octanol–water partition coefficient (Wildman–Crippen LogP) is 3.43. The number of benzene rings is 2. The van der Waals surface area contributed by atoms with Gasteiger partial charge in [0.05, 0.1) is 14.2 Å². The molecular formula is C15H12F2O3. The van der Waals surface area contributed by atoms with Gasteiger partial charge in [-0.1, -0.05) is 6.07 Å². The topological polar surface area (TPSA) is 35.5 Å². The van der Waals surface area contributed by atoms with E-state index in [0.717, 1.165) is 18.2 Å². The van der Waals surface area contributed by atoms with Crippen LogP contribution in [0.1, 0.15) is 10.4 Å². The minimum absolute atomic E-state index is 0.0674. The van der Waals surface area contributed by atoms with E-state index in [4.69, 9.17) is 4.74 Å². The van der Waals surface area contributed by atoms with Crippen molar-refractivity contribution in [2.45, 2.75) is 0 Å². The summed E-state index contributed by atoms with van der Waals surface area (Å²) in [5, 5.41) is 0. The summed E-state index contributed by atoms with van der Waals surface area (Å²) in [4.78, 5) is 11.7. The fourth-order valence-electron chi connectivity index (χ4n) is 1.86. The highest BCUT2D eigenvalue weighted by Crippen LogP contribution is 2.29. The summed E-state index contributed by atoms with van der Waals surface area (Å²) in [7, 11) is 2.64. The minimum Gasteiger partial charge on any atom is -0.496 e. The van der Waals surface area contributed by atoms with Crippen molar-refractivity contribution in [2.24, 2.45) is 0 Å². The second-order valence-electron chi connectivity index (χ2n) is 4.03. The Kier molecular flexibility index (Phi) is 3.98. The van der Waals surface area contributed by atoms with Crippen molar-refractivity contribution >= 4 is 5.97 Å². The second kappa shape index (κ2) is 5.69. The Morgan fingerprint density at radius 3 is 2.45 bits per heavy atom. The molecule has 5 heteroatoms. The Morgan fingerprint density at radius 1 is 1.05 bits per heavy atom. The first-order valence-corrected chi connectivity index (χ1v) is 5.78. The monoisotopic (exact) mass is 278 g/mol. The third-order valence-corrected chi connectivity index (χ3v) is 2.84. The Morgan fingerprint density at radius 2 is 1.80 bits per heavy atom. The average Bonchev–Trinajstić information content (AvgIpc) is 2.48. The van der Waals surface area contributed by atoms with Crippen LogP contribution in [0.5, 0.6) is 5.75 Å². The third kappa shape index (κ3) is 2.61. The summed E-state index contributed by atoms with van der Waals surface area (Å²) in [5.41, 5.74) is 0.581. The van der Waals surface area contributed by atoms with E-state index in [2.05, 4.69) is 4.74 Å². The zero-order chi connectivity index (χ0) is 14.7. The SMILES string of the molecule is COC(=O)c1cc(-c2cc(F)ccc2F)ccc1OC. The summed E-state index contributed by atoms with van der Waals surface area (Å²) >= 11 is 0. The lowest BCUT2D eigenvalue weighted by molar-refractivity contribution is 0.0597. The molecule has 0 N–H and O–H groups in total. The number of ether oxygens (including phenoxy) is 2. The van der Waals surface area contributed by atoms with E-state index in [1.54, 1.807) is 6.07 Å². The molecule has 20 heavy (non-hydrogen) atoms. The summed E-state index contributed by atoms with van der Waals surface area (Å²) in [6.07, 6.45) is 0. The largest absolute Gasteiger partial charge is 0.496 e. The normalized spacial score (nSPS) is 10.2. The van der Waals surface area contributed by atoms with Crippen molar-refractivity contribution in [3.8, 4) is 16.9 Å². The van der Waals surface area contributed by atoms with Gasteiger partial charge in [-0.25, -0.2) is 13.6 Å². The van der Waals surface area contributed by atoms with Crippen molar-refractivity contribution in [1.82, 2.24) is 0 Å². The molecule has 0 saturated carbocycles. The van der Waals surface area contributed by atoms with E-state index in [0.29, 0.717) is 11.3 Å². The zero-order valence-corrected chi connectivity index (χ0v) is 10.9. The van der Waals surface area contributed by atoms with Crippen molar-refractivity contribution in [1.29, 1.82) is 0 Å². The van der Waals surface area contributed by atoms with Crippen LogP contribution in [0.3, 0.4) is 0 Å². The standard InChI is InChI=1S/C15H12F2O3/c1-19-14-6-3-9(7-12(14)15(18)20-2)11-8-10(16)4-5-13(11)17/h3-8H,1-2H3. The Labute approximate surface area is 114 Å². The summed E-state index contributed by atoms with van der Waals surface area (Å²) in [5.74, 6) is -1.44. The number of rotatable bonds is 3. The van der Waals surface area contributed by atoms with Crippen molar-refractivity contribution < 1.29 is 23.0 Å². The summed E-state index contributed by atoms with van der Waals surface area (Å²) in [6, 6.07) is 7.59. The van der Waals surface area contributed by atoms with Gasteiger partial charge in [0.15, 0.2) is 0 Å². The Bertz CT molecular complexity index is 654. The fraction of sp³-hybridized carbons (Fsp3) is 0.133. The van der Waals surface area contributed by atoms with Crippen LogP contribution in [0.15, 0.2) is 36.4 Å². The van der Waals surface area contributed by atoms with Gasteiger partial charge in [-0.2, -0.15) is 0 Å². The van der Waals surface area contributed by atoms with Crippen LogP contribution in [0.4, 0.5) is 8.78 Å².